The number of hydrogen-bond donors (Lipinski definition) is 1. The van der Waals surface area contributed by atoms with Crippen molar-refractivity contribution in [2.75, 3.05) is 19.6 Å². The molecular formula is C24H23FN4O. The highest BCUT2D eigenvalue weighted by molar-refractivity contribution is 5.85. The third-order valence-electron chi connectivity index (χ3n) is 5.67. The van der Waals surface area contributed by atoms with Crippen LogP contribution in [0, 0.1) is 24.1 Å². The lowest BCUT2D eigenvalue weighted by molar-refractivity contribution is 0.297. The normalized spacial score (nSPS) is 14.5. The number of aromatic amines is 1. The van der Waals surface area contributed by atoms with E-state index in [0.717, 1.165) is 55.8 Å². The first-order chi connectivity index (χ1) is 14.5. The fourth-order valence-corrected chi connectivity index (χ4v) is 3.96. The molecule has 1 aliphatic heterocycles. The second-order valence-corrected chi connectivity index (χ2v) is 7.70. The number of nitrogens with one attached hydrogen (secondary N) is 1. The van der Waals surface area contributed by atoms with Crippen molar-refractivity contribution in [3.8, 4) is 6.07 Å². The number of aromatic nitrogens is 2. The van der Waals surface area contributed by atoms with E-state index >= 15 is 0 Å². The molecule has 0 atom stereocenters. The predicted molar refractivity (Wildman–Crippen MR) is 116 cm³/mol. The summed E-state index contributed by atoms with van der Waals surface area (Å²) in [6.45, 7) is 4.62. The van der Waals surface area contributed by atoms with Gasteiger partial charge in [-0.2, -0.15) is 5.26 Å². The van der Waals surface area contributed by atoms with Gasteiger partial charge in [0.2, 0.25) is 0 Å². The van der Waals surface area contributed by atoms with E-state index in [-0.39, 0.29) is 10.9 Å². The maximum absolute atomic E-state index is 14.0. The molecule has 0 saturated heterocycles. The standard InChI is InChI=1S/C24H23FN4O/c1-16-4-6-21(25)23-20(16)13-19(28-24(23)30)3-2-10-29-11-8-18(9-12-29)22-7-5-17(14-26)15-27-22/h4-8,13,15H,2-3,9-12H2,1H3,(H,28,30). The van der Waals surface area contributed by atoms with Crippen LogP contribution in [-0.2, 0) is 6.42 Å². The van der Waals surface area contributed by atoms with Gasteiger partial charge < -0.3 is 4.98 Å². The van der Waals surface area contributed by atoms with Crippen molar-refractivity contribution in [1.82, 2.24) is 14.9 Å². The smallest absolute Gasteiger partial charge is 0.259 e. The molecule has 6 heteroatoms. The summed E-state index contributed by atoms with van der Waals surface area (Å²) in [5.41, 5.74) is 4.11. The number of fused-ring (bicyclic) bond motifs is 1. The highest BCUT2D eigenvalue weighted by Gasteiger charge is 2.14. The van der Waals surface area contributed by atoms with E-state index in [0.29, 0.717) is 10.9 Å². The molecular weight excluding hydrogens is 379 g/mol. The molecule has 0 amide bonds. The summed E-state index contributed by atoms with van der Waals surface area (Å²) in [5.74, 6) is -0.476. The molecule has 2 aromatic heterocycles. The Bertz CT molecular complexity index is 1200. The Labute approximate surface area is 174 Å². The van der Waals surface area contributed by atoms with E-state index < -0.39 is 5.82 Å². The third kappa shape index (κ3) is 4.17. The van der Waals surface area contributed by atoms with E-state index in [1.165, 1.54) is 11.6 Å². The topological polar surface area (TPSA) is 72.8 Å². The summed E-state index contributed by atoms with van der Waals surface area (Å²) in [4.78, 5) is 21.9. The van der Waals surface area contributed by atoms with E-state index in [1.807, 2.05) is 19.1 Å². The minimum Gasteiger partial charge on any atom is -0.326 e. The van der Waals surface area contributed by atoms with Crippen molar-refractivity contribution in [3.05, 3.63) is 81.3 Å². The number of pyridine rings is 2. The summed E-state index contributed by atoms with van der Waals surface area (Å²) >= 11 is 0. The van der Waals surface area contributed by atoms with Gasteiger partial charge in [-0.1, -0.05) is 12.1 Å². The van der Waals surface area contributed by atoms with Crippen LogP contribution in [-0.4, -0.2) is 34.5 Å². The quantitative estimate of drug-likeness (QED) is 0.701. The maximum atomic E-state index is 14.0. The molecule has 0 aliphatic carbocycles. The van der Waals surface area contributed by atoms with Crippen molar-refractivity contribution in [2.45, 2.75) is 26.2 Å². The van der Waals surface area contributed by atoms with Crippen molar-refractivity contribution in [3.63, 3.8) is 0 Å². The van der Waals surface area contributed by atoms with Crippen LogP contribution in [0.25, 0.3) is 16.3 Å². The lowest BCUT2D eigenvalue weighted by Crippen LogP contribution is -2.30. The van der Waals surface area contributed by atoms with Gasteiger partial charge in [0.15, 0.2) is 0 Å². The van der Waals surface area contributed by atoms with Crippen molar-refractivity contribution < 1.29 is 4.39 Å². The summed E-state index contributed by atoms with van der Waals surface area (Å²) in [6, 6.07) is 10.7. The van der Waals surface area contributed by atoms with Crippen LogP contribution in [0.2, 0.25) is 0 Å². The highest BCUT2D eigenvalue weighted by atomic mass is 19.1. The molecule has 0 unspecified atom stereocenters. The first-order valence-electron chi connectivity index (χ1n) is 10.1. The van der Waals surface area contributed by atoms with Crippen LogP contribution in [0.3, 0.4) is 0 Å². The van der Waals surface area contributed by atoms with Gasteiger partial charge in [-0.3, -0.25) is 14.7 Å². The second-order valence-electron chi connectivity index (χ2n) is 7.70. The van der Waals surface area contributed by atoms with E-state index in [4.69, 9.17) is 5.26 Å². The van der Waals surface area contributed by atoms with Crippen LogP contribution in [0.15, 0.2) is 47.4 Å². The molecule has 5 nitrogen and oxygen atoms in total. The van der Waals surface area contributed by atoms with Crippen molar-refractivity contribution >= 4 is 16.3 Å². The number of rotatable bonds is 5. The number of aryl methyl sites for hydroxylation is 2. The molecule has 0 bridgehead atoms. The average Bonchev–Trinajstić information content (AvgIpc) is 2.77. The molecule has 0 fully saturated rings. The number of H-pyrrole nitrogens is 1. The third-order valence-corrected chi connectivity index (χ3v) is 5.67. The van der Waals surface area contributed by atoms with Gasteiger partial charge in [0.1, 0.15) is 11.9 Å². The maximum Gasteiger partial charge on any atom is 0.259 e. The summed E-state index contributed by atoms with van der Waals surface area (Å²) in [7, 11) is 0. The molecule has 1 N–H and O–H groups in total. The van der Waals surface area contributed by atoms with Crippen LogP contribution in [0.1, 0.15) is 35.4 Å². The van der Waals surface area contributed by atoms with Crippen molar-refractivity contribution in [2.24, 2.45) is 0 Å². The van der Waals surface area contributed by atoms with Crippen LogP contribution in [0.4, 0.5) is 4.39 Å². The van der Waals surface area contributed by atoms with Gasteiger partial charge >= 0.3 is 0 Å². The van der Waals surface area contributed by atoms with Crippen LogP contribution < -0.4 is 5.56 Å². The molecule has 1 aromatic carbocycles. The number of nitrogens with zero attached hydrogens (tertiary/aromatic N) is 3. The molecule has 0 radical (unpaired) electrons. The highest BCUT2D eigenvalue weighted by Crippen LogP contribution is 2.22. The molecule has 4 rings (SSSR count). The summed E-state index contributed by atoms with van der Waals surface area (Å²) < 4.78 is 14.0. The lowest BCUT2D eigenvalue weighted by atomic mass is 10.0. The number of hydrogen-bond acceptors (Lipinski definition) is 4. The van der Waals surface area contributed by atoms with Gasteiger partial charge in [-0.15, -0.1) is 0 Å². The fourth-order valence-electron chi connectivity index (χ4n) is 3.96. The van der Waals surface area contributed by atoms with Crippen molar-refractivity contribution in [1.29, 1.82) is 5.26 Å². The monoisotopic (exact) mass is 402 g/mol. The van der Waals surface area contributed by atoms with Crippen LogP contribution in [0.5, 0.6) is 0 Å². The van der Waals surface area contributed by atoms with Gasteiger partial charge in [-0.05, 0) is 73.5 Å². The first kappa shape index (κ1) is 20.0. The molecule has 3 heterocycles. The fraction of sp³-hybridized carbons (Fsp3) is 0.292. The Balaban J connectivity index is 1.36. The Kier molecular flexibility index (Phi) is 5.73. The zero-order valence-electron chi connectivity index (χ0n) is 16.9. The zero-order valence-corrected chi connectivity index (χ0v) is 16.9. The molecule has 152 valence electrons. The number of benzene rings is 1. The first-order valence-corrected chi connectivity index (χ1v) is 10.1. The van der Waals surface area contributed by atoms with Gasteiger partial charge in [0.05, 0.1) is 16.6 Å². The average molecular weight is 402 g/mol. The Morgan fingerprint density at radius 2 is 2.17 bits per heavy atom. The minimum absolute atomic E-state index is 0.142. The molecule has 30 heavy (non-hydrogen) atoms. The van der Waals surface area contributed by atoms with E-state index in [2.05, 4.69) is 27.0 Å². The second kappa shape index (κ2) is 8.60. The number of nitriles is 1. The Morgan fingerprint density at radius 3 is 2.87 bits per heavy atom. The largest absolute Gasteiger partial charge is 0.326 e. The molecule has 1 aliphatic rings. The summed E-state index contributed by atoms with van der Waals surface area (Å²) in [5, 5.41) is 9.72. The Hall–Kier alpha value is -3.30. The predicted octanol–water partition coefficient (Wildman–Crippen LogP) is 3.96. The van der Waals surface area contributed by atoms with Gasteiger partial charge in [0, 0.05) is 25.0 Å². The van der Waals surface area contributed by atoms with E-state index in [9.17, 15) is 9.18 Å². The molecule has 3 aromatic rings. The number of halogens is 1. The lowest BCUT2D eigenvalue weighted by Gasteiger charge is -2.26. The molecule has 0 saturated carbocycles. The SMILES string of the molecule is Cc1ccc(F)c2c(=O)[nH]c(CCCN3CC=C(c4ccc(C#N)cn4)CC3)cc12. The molecule has 0 spiro atoms. The Morgan fingerprint density at radius 1 is 1.30 bits per heavy atom. The van der Waals surface area contributed by atoms with Gasteiger partial charge in [0.25, 0.3) is 5.56 Å². The summed E-state index contributed by atoms with van der Waals surface area (Å²) in [6.07, 6.45) is 6.38. The van der Waals surface area contributed by atoms with Gasteiger partial charge in [-0.25, -0.2) is 4.39 Å². The van der Waals surface area contributed by atoms with E-state index in [1.54, 1.807) is 18.3 Å². The zero-order chi connectivity index (χ0) is 21.1. The minimum atomic E-state index is -0.476. The van der Waals surface area contributed by atoms with Crippen LogP contribution >= 0.6 is 0 Å².